The monoisotopic (exact) mass is 508 g/mol. The number of likely N-dealkylation sites (tertiary alicyclic amines) is 1. The summed E-state index contributed by atoms with van der Waals surface area (Å²) in [6.45, 7) is 3.23. The average molecular weight is 509 g/mol. The highest BCUT2D eigenvalue weighted by Gasteiger charge is 2.26. The number of fused-ring (bicyclic) bond motifs is 1. The number of rotatable bonds is 6. The summed E-state index contributed by atoms with van der Waals surface area (Å²) >= 11 is 6.93. The van der Waals surface area contributed by atoms with Crippen LogP contribution in [0.3, 0.4) is 0 Å². The van der Waals surface area contributed by atoms with Gasteiger partial charge >= 0.3 is 0 Å². The van der Waals surface area contributed by atoms with Crippen LogP contribution in [0.4, 0.5) is 0 Å². The van der Waals surface area contributed by atoms with Gasteiger partial charge in [0.2, 0.25) is 5.91 Å². The Hall–Kier alpha value is -3.26. The number of hydrogen-bond donors (Lipinski definition) is 2. The number of ether oxygens (including phenoxy) is 3. The van der Waals surface area contributed by atoms with Gasteiger partial charge in [-0.15, -0.1) is 0 Å². The quantitative estimate of drug-likeness (QED) is 0.353. The molecule has 2 aliphatic rings. The van der Waals surface area contributed by atoms with Gasteiger partial charge in [0, 0.05) is 29.8 Å². The van der Waals surface area contributed by atoms with Gasteiger partial charge in [0.05, 0.1) is 18.1 Å². The Kier molecular flexibility index (Phi) is 7.32. The topological polar surface area (TPSA) is 80.3 Å². The fraction of sp³-hybridized carbons (Fsp3) is 0.321. The molecule has 5 rings (SSSR count). The van der Waals surface area contributed by atoms with E-state index in [1.807, 2.05) is 42.5 Å². The van der Waals surface area contributed by atoms with Crippen molar-refractivity contribution < 1.29 is 24.2 Å². The molecule has 0 spiro atoms. The van der Waals surface area contributed by atoms with Gasteiger partial charge in [-0.05, 0) is 48.7 Å². The maximum Gasteiger partial charge on any atom is 0.247 e. The van der Waals surface area contributed by atoms with Crippen molar-refractivity contribution in [3.8, 4) is 39.5 Å². The lowest BCUT2D eigenvalue weighted by atomic mass is 9.96. The predicted molar refractivity (Wildman–Crippen MR) is 138 cm³/mol. The number of piperidine rings is 1. The van der Waals surface area contributed by atoms with Crippen LogP contribution in [-0.4, -0.2) is 49.4 Å². The lowest BCUT2D eigenvalue weighted by molar-refractivity contribution is -0.135. The van der Waals surface area contributed by atoms with Crippen molar-refractivity contribution in [2.75, 3.05) is 33.4 Å². The number of halogens is 1. The van der Waals surface area contributed by atoms with Crippen molar-refractivity contribution in [3.63, 3.8) is 0 Å². The van der Waals surface area contributed by atoms with Crippen LogP contribution in [0.15, 0.2) is 54.6 Å². The molecule has 0 saturated carbocycles. The minimum Gasteiger partial charge on any atom is -0.496 e. The number of carbonyl (C=O) groups is 1. The largest absolute Gasteiger partial charge is 0.496 e. The normalized spacial score (nSPS) is 17.5. The number of nitrogens with one attached hydrogen (secondary N) is 1. The van der Waals surface area contributed by atoms with E-state index in [0.29, 0.717) is 31.3 Å². The fourth-order valence-corrected chi connectivity index (χ4v) is 5.32. The van der Waals surface area contributed by atoms with E-state index in [0.717, 1.165) is 64.5 Å². The summed E-state index contributed by atoms with van der Waals surface area (Å²) in [5.74, 6) is 1.70. The van der Waals surface area contributed by atoms with Crippen molar-refractivity contribution in [1.82, 2.24) is 10.4 Å². The second kappa shape index (κ2) is 10.8. The van der Waals surface area contributed by atoms with Crippen molar-refractivity contribution in [3.05, 3.63) is 65.2 Å². The molecule has 1 atom stereocenters. The van der Waals surface area contributed by atoms with Gasteiger partial charge in [-0.3, -0.25) is 14.9 Å². The van der Waals surface area contributed by atoms with Crippen molar-refractivity contribution >= 4 is 17.5 Å². The first-order valence-electron chi connectivity index (χ1n) is 12.1. The zero-order valence-corrected chi connectivity index (χ0v) is 20.9. The van der Waals surface area contributed by atoms with Gasteiger partial charge in [-0.1, -0.05) is 48.0 Å². The first-order chi connectivity index (χ1) is 17.6. The lowest BCUT2D eigenvalue weighted by Crippen LogP contribution is -2.41. The highest BCUT2D eigenvalue weighted by atomic mass is 35.5. The Morgan fingerprint density at radius 3 is 2.56 bits per heavy atom. The van der Waals surface area contributed by atoms with Crippen LogP contribution in [0, 0.1) is 5.92 Å². The van der Waals surface area contributed by atoms with Crippen molar-refractivity contribution in [2.45, 2.75) is 19.4 Å². The van der Waals surface area contributed by atoms with E-state index in [-0.39, 0.29) is 11.8 Å². The Balaban J connectivity index is 1.40. The molecule has 3 aromatic rings. The summed E-state index contributed by atoms with van der Waals surface area (Å²) in [7, 11) is 1.66. The highest BCUT2D eigenvalue weighted by molar-refractivity contribution is 6.36. The smallest absolute Gasteiger partial charge is 0.247 e. The Bertz CT molecular complexity index is 1260. The second-order valence-electron chi connectivity index (χ2n) is 9.10. The number of hydroxylamine groups is 1. The van der Waals surface area contributed by atoms with Gasteiger partial charge in [-0.25, -0.2) is 5.48 Å². The Labute approximate surface area is 215 Å². The summed E-state index contributed by atoms with van der Waals surface area (Å²) in [5.41, 5.74) is 6.56. The van der Waals surface area contributed by atoms with Gasteiger partial charge < -0.3 is 14.2 Å². The molecule has 1 saturated heterocycles. The standard InChI is InChI=1S/C28H29ClN2O5/c1-34-25-14-18(7-8-20(25)16-31-11-3-4-21(17-31)28(32)30-33)22-5-2-6-23(27(22)29)19-9-10-24-26(15-19)36-13-12-35-24/h2,5-10,14-15,21,33H,3-4,11-13,16-17H2,1H3,(H,30,32). The summed E-state index contributed by atoms with van der Waals surface area (Å²) in [4.78, 5) is 14.1. The van der Waals surface area contributed by atoms with Crippen LogP contribution in [0.5, 0.6) is 17.2 Å². The molecular weight excluding hydrogens is 480 g/mol. The van der Waals surface area contributed by atoms with Crippen molar-refractivity contribution in [2.24, 2.45) is 5.92 Å². The molecule has 0 aromatic heterocycles. The molecule has 8 heteroatoms. The van der Waals surface area contributed by atoms with E-state index in [1.165, 1.54) is 0 Å². The first kappa shape index (κ1) is 24.4. The van der Waals surface area contributed by atoms with Crippen LogP contribution < -0.4 is 19.7 Å². The van der Waals surface area contributed by atoms with E-state index in [2.05, 4.69) is 17.0 Å². The number of amides is 1. The molecule has 7 nitrogen and oxygen atoms in total. The molecule has 1 unspecified atom stereocenters. The Morgan fingerprint density at radius 1 is 1.08 bits per heavy atom. The number of hydrogen-bond acceptors (Lipinski definition) is 6. The SMILES string of the molecule is COc1cc(-c2cccc(-c3ccc4c(c3)OCCO4)c2Cl)ccc1CN1CCCC(C(=O)NO)C1. The summed E-state index contributed by atoms with van der Waals surface area (Å²) in [5, 5.41) is 9.64. The third kappa shape index (κ3) is 5.00. The third-order valence-corrected chi connectivity index (χ3v) is 7.24. The molecule has 0 bridgehead atoms. The van der Waals surface area contributed by atoms with Gasteiger partial charge in [-0.2, -0.15) is 0 Å². The third-order valence-electron chi connectivity index (χ3n) is 6.83. The summed E-state index contributed by atoms with van der Waals surface area (Å²) in [6.07, 6.45) is 1.68. The summed E-state index contributed by atoms with van der Waals surface area (Å²) in [6, 6.07) is 18.0. The second-order valence-corrected chi connectivity index (χ2v) is 9.48. The molecular formula is C28H29ClN2O5. The van der Waals surface area contributed by atoms with Gasteiger partial charge in [0.15, 0.2) is 11.5 Å². The van der Waals surface area contributed by atoms with Gasteiger partial charge in [0.1, 0.15) is 19.0 Å². The maximum absolute atomic E-state index is 11.9. The minimum absolute atomic E-state index is 0.212. The van der Waals surface area contributed by atoms with Crippen LogP contribution in [-0.2, 0) is 11.3 Å². The highest BCUT2D eigenvalue weighted by Crippen LogP contribution is 2.41. The Morgan fingerprint density at radius 2 is 1.81 bits per heavy atom. The van der Waals surface area contributed by atoms with Crippen LogP contribution in [0.2, 0.25) is 5.02 Å². The van der Waals surface area contributed by atoms with E-state index in [9.17, 15) is 4.79 Å². The van der Waals surface area contributed by atoms with E-state index in [4.69, 9.17) is 31.0 Å². The van der Waals surface area contributed by atoms with E-state index in [1.54, 1.807) is 12.6 Å². The number of benzene rings is 3. The molecule has 0 aliphatic carbocycles. The fourth-order valence-electron chi connectivity index (χ4n) is 4.98. The number of carbonyl (C=O) groups excluding carboxylic acids is 1. The molecule has 0 radical (unpaired) electrons. The number of methoxy groups -OCH3 is 1. The van der Waals surface area contributed by atoms with Gasteiger partial charge in [0.25, 0.3) is 0 Å². The molecule has 36 heavy (non-hydrogen) atoms. The first-order valence-corrected chi connectivity index (χ1v) is 12.5. The molecule has 2 heterocycles. The molecule has 188 valence electrons. The number of nitrogens with zero attached hydrogens (tertiary/aromatic N) is 1. The molecule has 1 fully saturated rings. The van der Waals surface area contributed by atoms with Crippen LogP contribution in [0.1, 0.15) is 18.4 Å². The van der Waals surface area contributed by atoms with E-state index < -0.39 is 0 Å². The molecule has 2 aliphatic heterocycles. The zero-order chi connectivity index (χ0) is 25.1. The average Bonchev–Trinajstić information content (AvgIpc) is 2.93. The minimum atomic E-state index is -0.324. The van der Waals surface area contributed by atoms with Crippen LogP contribution in [0.25, 0.3) is 22.3 Å². The molecule has 1 amide bonds. The van der Waals surface area contributed by atoms with E-state index >= 15 is 0 Å². The van der Waals surface area contributed by atoms with Crippen LogP contribution >= 0.6 is 11.6 Å². The zero-order valence-electron chi connectivity index (χ0n) is 20.1. The molecule has 3 aromatic carbocycles. The summed E-state index contributed by atoms with van der Waals surface area (Å²) < 4.78 is 17.1. The molecule has 2 N–H and O–H groups in total. The van der Waals surface area contributed by atoms with Crippen molar-refractivity contribution in [1.29, 1.82) is 0 Å². The maximum atomic E-state index is 11.9. The lowest BCUT2D eigenvalue weighted by Gasteiger charge is -2.31. The predicted octanol–water partition coefficient (Wildman–Crippen LogP) is 5.17.